The first-order chi connectivity index (χ1) is 12.9. The van der Waals surface area contributed by atoms with Gasteiger partial charge in [0.05, 0.1) is 0 Å². The van der Waals surface area contributed by atoms with Gasteiger partial charge < -0.3 is 16.8 Å². The van der Waals surface area contributed by atoms with Gasteiger partial charge in [-0.25, -0.2) is 9.97 Å². The van der Waals surface area contributed by atoms with Crippen molar-refractivity contribution in [3.05, 3.63) is 70.2 Å². The zero-order valence-corrected chi connectivity index (χ0v) is 16.1. The zero-order chi connectivity index (χ0) is 19.4. The van der Waals surface area contributed by atoms with Gasteiger partial charge in [-0.05, 0) is 42.3 Å². The first kappa shape index (κ1) is 19.0. The summed E-state index contributed by atoms with van der Waals surface area (Å²) in [6, 6.07) is 14.3. The molecule has 0 aliphatic heterocycles. The van der Waals surface area contributed by atoms with E-state index in [1.165, 1.54) is 17.8 Å². The van der Waals surface area contributed by atoms with Crippen LogP contribution in [-0.2, 0) is 5.75 Å². The van der Waals surface area contributed by atoms with Gasteiger partial charge >= 0.3 is 0 Å². The Balaban J connectivity index is 1.62. The van der Waals surface area contributed by atoms with Gasteiger partial charge in [0.2, 0.25) is 0 Å². The third kappa shape index (κ3) is 5.12. The molecule has 0 unspecified atom stereocenters. The number of benzene rings is 2. The number of nitrogens with two attached hydrogens (primary N) is 2. The SMILES string of the molecule is Cc1ccc(NC(=O)c2ccc(CSc3nc(N)cc(N)n3)cc2)cc1Cl. The summed E-state index contributed by atoms with van der Waals surface area (Å²) in [6.45, 7) is 1.91. The third-order valence-electron chi connectivity index (χ3n) is 3.76. The Morgan fingerprint density at radius 3 is 2.37 bits per heavy atom. The van der Waals surface area contributed by atoms with Gasteiger partial charge in [-0.1, -0.05) is 41.6 Å². The molecule has 1 aromatic heterocycles. The van der Waals surface area contributed by atoms with Crippen LogP contribution in [0, 0.1) is 6.92 Å². The second-order valence-electron chi connectivity index (χ2n) is 5.90. The number of carbonyl (C=O) groups excluding carboxylic acids is 1. The van der Waals surface area contributed by atoms with Crippen molar-refractivity contribution in [1.29, 1.82) is 0 Å². The zero-order valence-electron chi connectivity index (χ0n) is 14.6. The number of amides is 1. The van der Waals surface area contributed by atoms with Crippen LogP contribution in [0.3, 0.4) is 0 Å². The van der Waals surface area contributed by atoms with Crippen molar-refractivity contribution >= 4 is 46.6 Å². The van der Waals surface area contributed by atoms with Crippen molar-refractivity contribution in [2.75, 3.05) is 16.8 Å². The molecule has 27 heavy (non-hydrogen) atoms. The summed E-state index contributed by atoms with van der Waals surface area (Å²) in [5.74, 6) is 1.13. The number of nitrogen functional groups attached to an aromatic ring is 2. The van der Waals surface area contributed by atoms with E-state index in [2.05, 4.69) is 15.3 Å². The molecule has 0 saturated heterocycles. The topological polar surface area (TPSA) is 107 Å². The number of nitrogens with one attached hydrogen (secondary N) is 1. The Bertz CT molecular complexity index is 958. The highest BCUT2D eigenvalue weighted by Gasteiger charge is 2.08. The number of carbonyl (C=O) groups is 1. The first-order valence-electron chi connectivity index (χ1n) is 8.10. The highest BCUT2D eigenvalue weighted by Crippen LogP contribution is 2.23. The summed E-state index contributed by atoms with van der Waals surface area (Å²) in [7, 11) is 0. The smallest absolute Gasteiger partial charge is 0.255 e. The van der Waals surface area contributed by atoms with E-state index in [-0.39, 0.29) is 5.91 Å². The summed E-state index contributed by atoms with van der Waals surface area (Å²) >= 11 is 7.51. The average Bonchev–Trinajstić information content (AvgIpc) is 2.63. The van der Waals surface area contributed by atoms with Gasteiger partial charge in [-0.3, -0.25) is 4.79 Å². The number of thioether (sulfide) groups is 1. The van der Waals surface area contributed by atoms with Gasteiger partial charge in [0, 0.05) is 28.1 Å². The highest BCUT2D eigenvalue weighted by molar-refractivity contribution is 7.98. The van der Waals surface area contributed by atoms with Crippen LogP contribution in [0.2, 0.25) is 5.02 Å². The number of halogens is 1. The van der Waals surface area contributed by atoms with Gasteiger partial charge in [0.15, 0.2) is 5.16 Å². The van der Waals surface area contributed by atoms with Gasteiger partial charge in [0.25, 0.3) is 5.91 Å². The number of hydrogen-bond donors (Lipinski definition) is 3. The number of aryl methyl sites for hydroxylation is 1. The maximum absolute atomic E-state index is 12.4. The van der Waals surface area contributed by atoms with Crippen molar-refractivity contribution in [1.82, 2.24) is 9.97 Å². The maximum atomic E-state index is 12.4. The fourth-order valence-electron chi connectivity index (χ4n) is 2.30. The summed E-state index contributed by atoms with van der Waals surface area (Å²) in [5.41, 5.74) is 14.5. The predicted octanol–water partition coefficient (Wildman–Crippen LogP) is 4.15. The van der Waals surface area contributed by atoms with E-state index in [9.17, 15) is 4.79 Å². The fourth-order valence-corrected chi connectivity index (χ4v) is 3.31. The van der Waals surface area contributed by atoms with Crippen LogP contribution in [0.15, 0.2) is 53.7 Å². The molecule has 0 atom stereocenters. The number of anilines is 3. The van der Waals surface area contributed by atoms with Crippen molar-refractivity contribution in [2.45, 2.75) is 17.8 Å². The Hall–Kier alpha value is -2.77. The largest absolute Gasteiger partial charge is 0.383 e. The minimum absolute atomic E-state index is 0.193. The van der Waals surface area contributed by atoms with E-state index in [0.717, 1.165) is 11.1 Å². The first-order valence-corrected chi connectivity index (χ1v) is 9.46. The van der Waals surface area contributed by atoms with Crippen molar-refractivity contribution in [2.24, 2.45) is 0 Å². The molecular weight excluding hydrogens is 382 g/mol. The van der Waals surface area contributed by atoms with Crippen LogP contribution in [0.5, 0.6) is 0 Å². The maximum Gasteiger partial charge on any atom is 0.255 e. The number of hydrogen-bond acceptors (Lipinski definition) is 6. The molecule has 0 fully saturated rings. The quantitative estimate of drug-likeness (QED) is 0.439. The molecule has 0 aliphatic carbocycles. The van der Waals surface area contributed by atoms with Gasteiger partial charge in [-0.2, -0.15) is 0 Å². The number of aromatic nitrogens is 2. The minimum atomic E-state index is -0.193. The molecule has 0 saturated carbocycles. The summed E-state index contributed by atoms with van der Waals surface area (Å²) in [5, 5.41) is 3.97. The molecule has 0 aliphatic rings. The monoisotopic (exact) mass is 399 g/mol. The number of rotatable bonds is 5. The van der Waals surface area contributed by atoms with Crippen molar-refractivity contribution in [3.8, 4) is 0 Å². The Kier molecular flexibility index (Phi) is 5.83. The summed E-state index contributed by atoms with van der Waals surface area (Å²) in [6.07, 6.45) is 0. The summed E-state index contributed by atoms with van der Waals surface area (Å²) in [4.78, 5) is 20.6. The predicted molar refractivity (Wildman–Crippen MR) is 111 cm³/mol. The molecule has 3 rings (SSSR count). The second-order valence-corrected chi connectivity index (χ2v) is 7.25. The summed E-state index contributed by atoms with van der Waals surface area (Å²) < 4.78 is 0. The van der Waals surface area contributed by atoms with Crippen LogP contribution < -0.4 is 16.8 Å². The van der Waals surface area contributed by atoms with Crippen LogP contribution in [0.25, 0.3) is 0 Å². The molecule has 0 spiro atoms. The fraction of sp³-hybridized carbons (Fsp3) is 0.105. The molecule has 2 aromatic carbocycles. The third-order valence-corrected chi connectivity index (χ3v) is 5.08. The van der Waals surface area contributed by atoms with E-state index in [1.54, 1.807) is 18.2 Å². The average molecular weight is 400 g/mol. The van der Waals surface area contributed by atoms with E-state index in [4.69, 9.17) is 23.1 Å². The molecule has 3 aromatic rings. The molecule has 138 valence electrons. The second kappa shape index (κ2) is 8.28. The minimum Gasteiger partial charge on any atom is -0.383 e. The van der Waals surface area contributed by atoms with Crippen LogP contribution in [0.4, 0.5) is 17.3 Å². The van der Waals surface area contributed by atoms with Gasteiger partial charge in [0.1, 0.15) is 11.6 Å². The lowest BCUT2D eigenvalue weighted by molar-refractivity contribution is 0.102. The van der Waals surface area contributed by atoms with Crippen molar-refractivity contribution in [3.63, 3.8) is 0 Å². The van der Waals surface area contributed by atoms with Gasteiger partial charge in [-0.15, -0.1) is 0 Å². The molecular formula is C19H18ClN5OS. The molecule has 0 bridgehead atoms. The lowest BCUT2D eigenvalue weighted by atomic mass is 10.1. The molecule has 1 heterocycles. The van der Waals surface area contributed by atoms with Crippen molar-refractivity contribution < 1.29 is 4.79 Å². The number of nitrogens with zero attached hydrogens (tertiary/aromatic N) is 2. The molecule has 6 nitrogen and oxygen atoms in total. The van der Waals surface area contributed by atoms with E-state index in [0.29, 0.717) is 38.8 Å². The standard InChI is InChI=1S/C19H18ClN5OS/c1-11-2-7-14(8-15(11)20)23-18(26)13-5-3-12(4-6-13)10-27-19-24-16(21)9-17(22)25-19/h2-9H,10H2,1H3,(H,23,26)(H4,21,22,24,25). The molecule has 5 N–H and O–H groups in total. The lowest BCUT2D eigenvalue weighted by Crippen LogP contribution is -2.11. The van der Waals surface area contributed by atoms with Crippen LogP contribution in [-0.4, -0.2) is 15.9 Å². The normalized spacial score (nSPS) is 10.6. The molecule has 8 heteroatoms. The Morgan fingerprint density at radius 1 is 1.07 bits per heavy atom. The van der Waals surface area contributed by atoms with E-state index in [1.807, 2.05) is 31.2 Å². The van der Waals surface area contributed by atoms with E-state index >= 15 is 0 Å². The Labute approximate surface area is 166 Å². The van der Waals surface area contributed by atoms with Crippen LogP contribution in [0.1, 0.15) is 21.5 Å². The van der Waals surface area contributed by atoms with Crippen LogP contribution >= 0.6 is 23.4 Å². The Morgan fingerprint density at radius 2 is 1.74 bits per heavy atom. The van der Waals surface area contributed by atoms with E-state index < -0.39 is 0 Å². The lowest BCUT2D eigenvalue weighted by Gasteiger charge is -2.08. The molecule has 1 amide bonds. The highest BCUT2D eigenvalue weighted by atomic mass is 35.5. The molecule has 0 radical (unpaired) electrons.